The van der Waals surface area contributed by atoms with Crippen molar-refractivity contribution in [3.8, 4) is 0 Å². The van der Waals surface area contributed by atoms with Gasteiger partial charge in [0.05, 0.1) is 26.7 Å². The molecule has 7 N–H and O–H groups in total. The molecule has 1 aliphatic heterocycles. The number of phosphoric ester groups is 3. The lowest BCUT2D eigenvalue weighted by molar-refractivity contribution is -0.745. The summed E-state index contributed by atoms with van der Waals surface area (Å²) in [5.41, 5.74) is 4.87. The monoisotopic (exact) mass is 851 g/mol. The third-order valence-corrected chi connectivity index (χ3v) is 12.9. The van der Waals surface area contributed by atoms with Gasteiger partial charge in [-0.15, -0.1) is 4.98 Å². The van der Waals surface area contributed by atoms with E-state index >= 15 is 0 Å². The summed E-state index contributed by atoms with van der Waals surface area (Å²) in [4.78, 5) is 79.1. The van der Waals surface area contributed by atoms with Crippen LogP contribution in [0.25, 0.3) is 11.2 Å². The van der Waals surface area contributed by atoms with Gasteiger partial charge in [-0.1, -0.05) is 48.8 Å². The number of unbranched alkanes of at least 4 members (excludes halogenated alkanes) is 1. The zero-order chi connectivity index (χ0) is 39.6. The minimum Gasteiger partial charge on any atom is -0.790 e. The molecule has 53 heavy (non-hydrogen) atoms. The molecular formula is C26H42N6O16P3S2-3. The number of aromatic amines is 1. The van der Waals surface area contributed by atoms with E-state index in [1.165, 1.54) is 32.4 Å². The van der Waals surface area contributed by atoms with Crippen LogP contribution in [0.1, 0.15) is 46.3 Å². The van der Waals surface area contributed by atoms with Crippen molar-refractivity contribution in [2.24, 2.45) is 5.41 Å². The highest BCUT2D eigenvalue weighted by Crippen LogP contribution is 2.56. The van der Waals surface area contributed by atoms with Crippen molar-refractivity contribution in [1.29, 1.82) is 0 Å². The molecule has 27 heteroatoms. The molecule has 7 atom stereocenters. The second-order valence-corrected chi connectivity index (χ2v) is 18.9. The van der Waals surface area contributed by atoms with Crippen LogP contribution in [0.2, 0.25) is 0 Å². The lowest BCUT2D eigenvalue weighted by Gasteiger charge is -2.36. The molecule has 0 saturated carbocycles. The Labute approximate surface area is 312 Å². The third-order valence-electron chi connectivity index (χ3n) is 7.39. The molecule has 1 saturated heterocycles. The number of H-pyrrole nitrogens is 1. The number of nitrogens with two attached hydrogens (primary N) is 1. The second-order valence-electron chi connectivity index (χ2n) is 12.2. The molecule has 0 radical (unpaired) electrons. The number of ether oxygens (including phenoxy) is 1. The van der Waals surface area contributed by atoms with Gasteiger partial charge in [0.2, 0.25) is 18.0 Å². The van der Waals surface area contributed by atoms with E-state index in [4.69, 9.17) is 10.5 Å². The second kappa shape index (κ2) is 19.9. The number of pyridine rings is 1. The molecule has 2 amide bonds. The minimum atomic E-state index is -5.87. The smallest absolute Gasteiger partial charge is 0.305 e. The molecule has 3 heterocycles. The number of fused-ring (bicyclic) bond motifs is 1. The van der Waals surface area contributed by atoms with Gasteiger partial charge >= 0.3 is 5.65 Å². The number of rotatable bonds is 23. The van der Waals surface area contributed by atoms with E-state index in [-0.39, 0.29) is 35.7 Å². The number of aliphatic hydroxyl groups is 2. The summed E-state index contributed by atoms with van der Waals surface area (Å²) >= 11 is 0. The fourth-order valence-electron chi connectivity index (χ4n) is 4.61. The number of amides is 2. The summed E-state index contributed by atoms with van der Waals surface area (Å²) in [5, 5.41) is 26.4. The maximum Gasteiger partial charge on any atom is 0.305 e. The van der Waals surface area contributed by atoms with E-state index in [1.807, 2.05) is 0 Å². The number of hydrogen-bond donors (Lipinski definition) is 6. The van der Waals surface area contributed by atoms with E-state index in [9.17, 15) is 53.1 Å². The molecule has 22 nitrogen and oxygen atoms in total. The van der Waals surface area contributed by atoms with Crippen LogP contribution in [0.4, 0.5) is 5.69 Å². The van der Waals surface area contributed by atoms with Gasteiger partial charge in [0.15, 0.2) is 11.8 Å². The summed E-state index contributed by atoms with van der Waals surface area (Å²) < 4.78 is 60.7. The van der Waals surface area contributed by atoms with Gasteiger partial charge in [-0.05, 0) is 12.5 Å². The molecule has 3 unspecified atom stereocenters. The van der Waals surface area contributed by atoms with E-state index in [2.05, 4.69) is 45.4 Å². The zero-order valence-corrected chi connectivity index (χ0v) is 33.0. The SMILES string of the molecule is CCCCSSCCNC(=O)CCNC(=O)[C@@H](O)C(C)(C)COP(=O)([O-])OP(=O)([O-])OC[C@H]1O[C@@H]([n+]2c[nH]c3c(N)ccnc32)C(O)[C@H]1OP(=O)([O-])[O-]. The van der Waals surface area contributed by atoms with Gasteiger partial charge in [-0.3, -0.25) is 23.7 Å². The van der Waals surface area contributed by atoms with Crippen molar-refractivity contribution in [2.45, 2.75) is 70.7 Å². The fraction of sp³-hybridized carbons (Fsp3) is 0.692. The number of hydrogen-bond acceptors (Lipinski definition) is 20. The molecular weight excluding hydrogens is 809 g/mol. The standard InChI is InChI=1S/C26H45N6O16P3S2/c1-4-5-11-52-53-12-10-28-18(33)7-9-30-24(36)22(35)26(2,3)14-45-51(42,43)48-50(40,41)44-13-17-21(47-49(37,38)39)20(34)25(46-17)32-15-31-19-16(27)6-8-29-23(19)32/h6,8,15,17,20-22,25,34-35H,4-5,7,9-14H2,1-3H3,(H8,27,28,29,30,33,36,37,38,39,40,41,42,43)/p-3/t17-,20?,21+,22-,25-/m1/s1. The predicted molar refractivity (Wildman–Crippen MR) is 182 cm³/mol. The zero-order valence-electron chi connectivity index (χ0n) is 28.7. The average Bonchev–Trinajstić information content (AvgIpc) is 3.62. The average molecular weight is 852 g/mol. The summed E-state index contributed by atoms with van der Waals surface area (Å²) in [6.45, 7) is 2.66. The highest BCUT2D eigenvalue weighted by atomic mass is 33.1. The first kappa shape index (κ1) is 45.7. The molecule has 2 aromatic heterocycles. The number of anilines is 1. The number of imidazole rings is 1. The third kappa shape index (κ3) is 14.4. The van der Waals surface area contributed by atoms with Crippen molar-refractivity contribution in [3.63, 3.8) is 0 Å². The minimum absolute atomic E-state index is 0.0922. The van der Waals surface area contributed by atoms with Gasteiger partial charge < -0.3 is 69.0 Å². The van der Waals surface area contributed by atoms with Crippen LogP contribution in [-0.4, -0.2) is 94.2 Å². The van der Waals surface area contributed by atoms with E-state index < -0.39 is 78.6 Å². The van der Waals surface area contributed by atoms with Crippen molar-refractivity contribution < 1.29 is 80.3 Å². The number of nitrogens with zero attached hydrogens (tertiary/aromatic N) is 2. The van der Waals surface area contributed by atoms with Gasteiger partial charge in [-0.25, -0.2) is 8.88 Å². The Hall–Kier alpha value is -1.69. The van der Waals surface area contributed by atoms with Crippen LogP contribution in [-0.2, 0) is 45.9 Å². The van der Waals surface area contributed by atoms with Crippen molar-refractivity contribution in [1.82, 2.24) is 20.6 Å². The van der Waals surface area contributed by atoms with E-state index in [0.717, 1.165) is 23.2 Å². The Morgan fingerprint density at radius 2 is 1.81 bits per heavy atom. The normalized spacial score (nSPS) is 22.3. The Bertz CT molecular complexity index is 1680. The predicted octanol–water partition coefficient (Wildman–Crippen LogP) is -1.92. The lowest BCUT2D eigenvalue weighted by Crippen LogP contribution is -2.46. The van der Waals surface area contributed by atoms with Crippen LogP contribution in [0.15, 0.2) is 18.6 Å². The molecule has 0 spiro atoms. The Kier molecular flexibility index (Phi) is 17.2. The van der Waals surface area contributed by atoms with Crippen molar-refractivity contribution in [3.05, 3.63) is 18.6 Å². The number of carbonyl (C=O) groups is 2. The van der Waals surface area contributed by atoms with Gasteiger partial charge in [0.1, 0.15) is 30.6 Å². The molecule has 3 rings (SSSR count). The summed E-state index contributed by atoms with van der Waals surface area (Å²) in [7, 11) is -14.1. The van der Waals surface area contributed by atoms with Crippen LogP contribution in [0.3, 0.4) is 0 Å². The number of aliphatic hydroxyl groups excluding tert-OH is 2. The van der Waals surface area contributed by atoms with Crippen LogP contribution < -0.4 is 40.5 Å². The van der Waals surface area contributed by atoms with Crippen molar-refractivity contribution in [2.75, 3.05) is 43.5 Å². The number of nitrogens with one attached hydrogen (secondary N) is 3. The van der Waals surface area contributed by atoms with Crippen LogP contribution >= 0.6 is 45.1 Å². The fourth-order valence-corrected chi connectivity index (χ4v) is 9.49. The molecule has 1 fully saturated rings. The number of aromatic nitrogens is 3. The maximum atomic E-state index is 12.5. The number of carbonyl (C=O) groups excluding carboxylic acids is 2. The first-order valence-electron chi connectivity index (χ1n) is 15.9. The molecule has 2 aromatic rings. The molecule has 0 aliphatic carbocycles. The first-order valence-corrected chi connectivity index (χ1v) is 22.8. The Morgan fingerprint density at radius 3 is 2.49 bits per heavy atom. The summed E-state index contributed by atoms with van der Waals surface area (Å²) in [5.74, 6) is 0.420. The molecule has 302 valence electrons. The highest BCUT2D eigenvalue weighted by Gasteiger charge is 2.49. The van der Waals surface area contributed by atoms with Crippen LogP contribution in [0, 0.1) is 5.41 Å². The molecule has 1 aliphatic rings. The quantitative estimate of drug-likeness (QED) is 0.0307. The first-order chi connectivity index (χ1) is 24.7. The van der Waals surface area contributed by atoms with Gasteiger partial charge in [-0.2, -0.15) is 0 Å². The molecule has 0 aromatic carbocycles. The number of nitrogen functional groups attached to an aromatic ring is 1. The van der Waals surface area contributed by atoms with Gasteiger partial charge in [0.25, 0.3) is 15.6 Å². The number of phosphoric acid groups is 3. The maximum absolute atomic E-state index is 12.5. The van der Waals surface area contributed by atoms with Crippen LogP contribution in [0.5, 0.6) is 0 Å². The lowest BCUT2D eigenvalue weighted by atomic mass is 9.87. The van der Waals surface area contributed by atoms with Crippen molar-refractivity contribution >= 4 is 73.7 Å². The summed E-state index contributed by atoms with van der Waals surface area (Å²) in [6.07, 6.45) is -4.56. The highest BCUT2D eigenvalue weighted by molar-refractivity contribution is 8.76. The van der Waals surface area contributed by atoms with E-state index in [1.54, 1.807) is 21.6 Å². The Morgan fingerprint density at radius 1 is 1.13 bits per heavy atom. The largest absolute Gasteiger partial charge is 0.790 e. The summed E-state index contributed by atoms with van der Waals surface area (Å²) in [6, 6.07) is 1.45. The van der Waals surface area contributed by atoms with E-state index in [0.29, 0.717) is 12.3 Å². The molecule has 0 bridgehead atoms. The topological polar surface area (TPSA) is 347 Å². The van der Waals surface area contributed by atoms with Gasteiger partial charge in [0, 0.05) is 36.4 Å². The Balaban J connectivity index is 1.51.